The number of aromatic nitrogens is 2. The molecule has 24 heavy (non-hydrogen) atoms. The molecular formula is C18H22N4O2. The van der Waals surface area contributed by atoms with Gasteiger partial charge < -0.3 is 9.80 Å². The van der Waals surface area contributed by atoms with Crippen LogP contribution in [-0.2, 0) is 4.79 Å². The number of carbonyl (C=O) groups excluding carboxylic acids is 2. The molecule has 4 rings (SSSR count). The van der Waals surface area contributed by atoms with E-state index in [0.717, 1.165) is 49.7 Å². The predicted octanol–water partition coefficient (Wildman–Crippen LogP) is 2.18. The number of benzene rings is 1. The van der Waals surface area contributed by atoms with Crippen molar-refractivity contribution in [3.05, 3.63) is 30.0 Å². The van der Waals surface area contributed by atoms with Crippen LogP contribution in [0.5, 0.6) is 0 Å². The Kier molecular flexibility index (Phi) is 3.96. The first-order chi connectivity index (χ1) is 11.7. The zero-order valence-corrected chi connectivity index (χ0v) is 13.7. The van der Waals surface area contributed by atoms with Gasteiger partial charge in [-0.2, -0.15) is 5.10 Å². The van der Waals surface area contributed by atoms with Gasteiger partial charge in [0.25, 0.3) is 5.91 Å². The number of likely N-dealkylation sites (tertiary alicyclic amines) is 2. The molecule has 6 heteroatoms. The summed E-state index contributed by atoms with van der Waals surface area (Å²) in [6, 6.07) is 5.97. The Bertz CT molecular complexity index is 769. The lowest BCUT2D eigenvalue weighted by Gasteiger charge is -2.27. The molecule has 0 bridgehead atoms. The fourth-order valence-corrected chi connectivity index (χ4v) is 3.97. The highest BCUT2D eigenvalue weighted by Gasteiger charge is 2.30. The van der Waals surface area contributed by atoms with Crippen molar-refractivity contribution in [1.82, 2.24) is 20.0 Å². The van der Waals surface area contributed by atoms with E-state index in [1.807, 2.05) is 28.0 Å². The molecule has 0 spiro atoms. The second-order valence-electron chi connectivity index (χ2n) is 6.70. The number of nitrogens with one attached hydrogen (secondary N) is 1. The molecule has 2 fully saturated rings. The second kappa shape index (κ2) is 6.26. The molecule has 1 aromatic carbocycles. The van der Waals surface area contributed by atoms with E-state index in [4.69, 9.17) is 0 Å². The van der Waals surface area contributed by atoms with Crippen LogP contribution in [0.1, 0.15) is 42.5 Å². The highest BCUT2D eigenvalue weighted by atomic mass is 16.2. The van der Waals surface area contributed by atoms with Crippen molar-refractivity contribution in [1.29, 1.82) is 0 Å². The third-order valence-electron chi connectivity index (χ3n) is 5.25. The van der Waals surface area contributed by atoms with Crippen LogP contribution >= 0.6 is 0 Å². The highest BCUT2D eigenvalue weighted by molar-refractivity contribution is 6.06. The molecule has 0 aliphatic carbocycles. The lowest BCUT2D eigenvalue weighted by atomic mass is 10.1. The SMILES string of the molecule is O=C(c1cccc2[nH]ncc12)N1CCCC(N2CCCC2=O)CC1. The van der Waals surface area contributed by atoms with E-state index < -0.39 is 0 Å². The summed E-state index contributed by atoms with van der Waals surface area (Å²) in [6.07, 6.45) is 6.18. The van der Waals surface area contributed by atoms with Gasteiger partial charge in [0, 0.05) is 37.5 Å². The average molecular weight is 326 g/mol. The number of fused-ring (bicyclic) bond motifs is 1. The van der Waals surface area contributed by atoms with Crippen molar-refractivity contribution in [2.24, 2.45) is 0 Å². The number of hydrogen-bond donors (Lipinski definition) is 1. The zero-order valence-electron chi connectivity index (χ0n) is 13.7. The van der Waals surface area contributed by atoms with E-state index in [9.17, 15) is 9.59 Å². The third kappa shape index (κ3) is 2.66. The van der Waals surface area contributed by atoms with Crippen LogP contribution < -0.4 is 0 Å². The summed E-state index contributed by atoms with van der Waals surface area (Å²) in [5.74, 6) is 0.346. The van der Waals surface area contributed by atoms with Crippen LogP contribution in [0.4, 0.5) is 0 Å². The number of nitrogens with zero attached hydrogens (tertiary/aromatic N) is 3. The molecule has 6 nitrogen and oxygen atoms in total. The van der Waals surface area contributed by atoms with Gasteiger partial charge in [-0.1, -0.05) is 6.07 Å². The van der Waals surface area contributed by atoms with E-state index in [1.54, 1.807) is 6.20 Å². The van der Waals surface area contributed by atoms with E-state index in [-0.39, 0.29) is 11.8 Å². The van der Waals surface area contributed by atoms with Crippen LogP contribution in [0.2, 0.25) is 0 Å². The predicted molar refractivity (Wildman–Crippen MR) is 90.6 cm³/mol. The maximum Gasteiger partial charge on any atom is 0.254 e. The van der Waals surface area contributed by atoms with Crippen LogP contribution in [0.3, 0.4) is 0 Å². The number of hydrogen-bond acceptors (Lipinski definition) is 3. The molecule has 2 saturated heterocycles. The van der Waals surface area contributed by atoms with Crippen LogP contribution in [0.25, 0.3) is 10.9 Å². The monoisotopic (exact) mass is 326 g/mol. The molecule has 0 saturated carbocycles. The highest BCUT2D eigenvalue weighted by Crippen LogP contribution is 2.24. The fourth-order valence-electron chi connectivity index (χ4n) is 3.97. The lowest BCUT2D eigenvalue weighted by Crippen LogP contribution is -2.37. The molecule has 1 unspecified atom stereocenters. The van der Waals surface area contributed by atoms with Gasteiger partial charge >= 0.3 is 0 Å². The number of H-pyrrole nitrogens is 1. The Morgan fingerprint density at radius 1 is 1.17 bits per heavy atom. The summed E-state index contributed by atoms with van der Waals surface area (Å²) in [6.45, 7) is 2.35. The van der Waals surface area contributed by atoms with Gasteiger partial charge in [0.15, 0.2) is 0 Å². The Labute approximate surface area is 140 Å². The summed E-state index contributed by atoms with van der Waals surface area (Å²) in [5.41, 5.74) is 1.59. The molecule has 2 aromatic rings. The fraction of sp³-hybridized carbons (Fsp3) is 0.500. The molecule has 3 heterocycles. The first-order valence-corrected chi connectivity index (χ1v) is 8.75. The quantitative estimate of drug-likeness (QED) is 0.919. The third-order valence-corrected chi connectivity index (χ3v) is 5.25. The van der Waals surface area contributed by atoms with Gasteiger partial charge in [0.2, 0.25) is 5.91 Å². The minimum absolute atomic E-state index is 0.0652. The molecule has 126 valence electrons. The molecule has 1 aromatic heterocycles. The zero-order chi connectivity index (χ0) is 16.5. The van der Waals surface area contributed by atoms with Crippen molar-refractivity contribution in [3.8, 4) is 0 Å². The van der Waals surface area contributed by atoms with Crippen molar-refractivity contribution in [2.45, 2.75) is 38.1 Å². The van der Waals surface area contributed by atoms with Gasteiger partial charge in [0.1, 0.15) is 0 Å². The maximum absolute atomic E-state index is 13.0. The maximum atomic E-state index is 13.0. The van der Waals surface area contributed by atoms with Crippen LogP contribution in [0.15, 0.2) is 24.4 Å². The van der Waals surface area contributed by atoms with E-state index in [0.29, 0.717) is 24.6 Å². The van der Waals surface area contributed by atoms with Gasteiger partial charge in [-0.05, 0) is 37.8 Å². The molecule has 2 amide bonds. The van der Waals surface area contributed by atoms with Crippen molar-refractivity contribution < 1.29 is 9.59 Å². The first kappa shape index (κ1) is 15.2. The second-order valence-corrected chi connectivity index (χ2v) is 6.70. The molecular weight excluding hydrogens is 304 g/mol. The van der Waals surface area contributed by atoms with Crippen LogP contribution in [-0.4, -0.2) is 57.5 Å². The van der Waals surface area contributed by atoms with Gasteiger partial charge in [-0.15, -0.1) is 0 Å². The molecule has 0 radical (unpaired) electrons. The largest absolute Gasteiger partial charge is 0.340 e. The van der Waals surface area contributed by atoms with Crippen molar-refractivity contribution in [2.75, 3.05) is 19.6 Å². The van der Waals surface area contributed by atoms with Gasteiger partial charge in [-0.25, -0.2) is 0 Å². The molecule has 1 atom stereocenters. The smallest absolute Gasteiger partial charge is 0.254 e. The van der Waals surface area contributed by atoms with Crippen molar-refractivity contribution >= 4 is 22.7 Å². The van der Waals surface area contributed by atoms with Gasteiger partial charge in [-0.3, -0.25) is 14.7 Å². The lowest BCUT2D eigenvalue weighted by molar-refractivity contribution is -0.129. The number of amides is 2. The standard InChI is InChI=1S/C18H22N4O2/c23-17-7-3-10-22(17)13-4-2-9-21(11-8-13)18(24)14-5-1-6-16-15(14)12-19-20-16/h1,5-6,12-13H,2-4,7-11H2,(H,19,20). The Morgan fingerprint density at radius 3 is 2.92 bits per heavy atom. The topological polar surface area (TPSA) is 69.3 Å². The van der Waals surface area contributed by atoms with Crippen LogP contribution in [0, 0.1) is 0 Å². The first-order valence-electron chi connectivity index (χ1n) is 8.75. The summed E-state index contributed by atoms with van der Waals surface area (Å²) in [5, 5.41) is 7.83. The minimum atomic E-state index is 0.0652. The van der Waals surface area contributed by atoms with Crippen molar-refractivity contribution in [3.63, 3.8) is 0 Å². The van der Waals surface area contributed by atoms with E-state index in [2.05, 4.69) is 10.2 Å². The Morgan fingerprint density at radius 2 is 2.08 bits per heavy atom. The number of carbonyl (C=O) groups is 2. The van der Waals surface area contributed by atoms with Gasteiger partial charge in [0.05, 0.1) is 17.3 Å². The molecule has 1 N–H and O–H groups in total. The van der Waals surface area contributed by atoms with E-state index in [1.165, 1.54) is 0 Å². The Balaban J connectivity index is 1.50. The molecule has 2 aliphatic rings. The average Bonchev–Trinajstić information content (AvgIpc) is 3.17. The number of rotatable bonds is 2. The summed E-state index contributed by atoms with van der Waals surface area (Å²) >= 11 is 0. The summed E-state index contributed by atoms with van der Waals surface area (Å²) in [4.78, 5) is 28.9. The molecule has 2 aliphatic heterocycles. The van der Waals surface area contributed by atoms with E-state index >= 15 is 0 Å². The Hall–Kier alpha value is -2.37. The summed E-state index contributed by atoms with van der Waals surface area (Å²) in [7, 11) is 0. The minimum Gasteiger partial charge on any atom is -0.340 e. The normalized spacial score (nSPS) is 22.2. The summed E-state index contributed by atoms with van der Waals surface area (Å²) < 4.78 is 0. The number of aromatic amines is 1.